The van der Waals surface area contributed by atoms with Crippen LogP contribution >= 0.6 is 15.9 Å². The maximum atomic E-state index is 10.8. The Morgan fingerprint density at radius 3 is 2.82 bits per heavy atom. The van der Waals surface area contributed by atoms with Crippen molar-refractivity contribution in [2.75, 3.05) is 6.54 Å². The number of rotatable bonds is 6. The first-order chi connectivity index (χ1) is 8.02. The number of hydrogen-bond acceptors (Lipinski definition) is 3. The summed E-state index contributed by atoms with van der Waals surface area (Å²) in [6, 6.07) is 2.20. The van der Waals surface area contributed by atoms with Gasteiger partial charge in [0.1, 0.15) is 0 Å². The highest BCUT2D eigenvalue weighted by Gasteiger charge is 2.16. The van der Waals surface area contributed by atoms with E-state index < -0.39 is 5.97 Å². The molecule has 0 aliphatic heterocycles. The number of aliphatic carboxylic acids is 1. The van der Waals surface area contributed by atoms with Crippen molar-refractivity contribution in [3.63, 3.8) is 0 Å². The highest BCUT2D eigenvalue weighted by Crippen LogP contribution is 2.14. The molecule has 0 fully saturated rings. The summed E-state index contributed by atoms with van der Waals surface area (Å²) in [5.74, 6) is -0.798. The van der Waals surface area contributed by atoms with Crippen molar-refractivity contribution in [2.45, 2.75) is 32.9 Å². The van der Waals surface area contributed by atoms with Crippen LogP contribution in [0.1, 0.15) is 25.8 Å². The zero-order valence-corrected chi connectivity index (χ0v) is 11.6. The molecule has 1 unspecified atom stereocenters. The summed E-state index contributed by atoms with van der Waals surface area (Å²) in [4.78, 5) is 16.8. The third-order valence-electron chi connectivity index (χ3n) is 2.70. The molecule has 1 aromatic heterocycles. The van der Waals surface area contributed by atoms with Crippen LogP contribution in [0.2, 0.25) is 0 Å². The largest absolute Gasteiger partial charge is 0.480 e. The number of nitrogens with zero attached hydrogens (tertiary/aromatic N) is 2. The van der Waals surface area contributed by atoms with Crippen LogP contribution in [0.4, 0.5) is 0 Å². The Morgan fingerprint density at radius 1 is 1.59 bits per heavy atom. The molecule has 0 saturated heterocycles. The fraction of sp³-hybridized carbons (Fsp3) is 0.500. The highest BCUT2D eigenvalue weighted by atomic mass is 79.9. The third-order valence-corrected chi connectivity index (χ3v) is 3.13. The van der Waals surface area contributed by atoms with Gasteiger partial charge in [0, 0.05) is 29.5 Å². The molecule has 1 aromatic rings. The van der Waals surface area contributed by atoms with Gasteiger partial charge < -0.3 is 5.11 Å². The lowest BCUT2D eigenvalue weighted by Crippen LogP contribution is -2.36. The summed E-state index contributed by atoms with van der Waals surface area (Å²) >= 11 is 3.36. The standard InChI is InChI=1S/C12H17BrN2O2/c1-3-9(2)15(8-12(16)17)7-10-4-11(13)6-14-5-10/h4-6,9H,3,7-8H2,1-2H3,(H,16,17). The van der Waals surface area contributed by atoms with E-state index in [1.807, 2.05) is 17.9 Å². The molecule has 4 nitrogen and oxygen atoms in total. The first-order valence-corrected chi connectivity index (χ1v) is 6.37. The van der Waals surface area contributed by atoms with E-state index in [0.717, 1.165) is 16.5 Å². The fourth-order valence-electron chi connectivity index (χ4n) is 1.58. The lowest BCUT2D eigenvalue weighted by atomic mass is 10.2. The molecule has 0 radical (unpaired) electrons. The van der Waals surface area contributed by atoms with E-state index in [2.05, 4.69) is 27.8 Å². The summed E-state index contributed by atoms with van der Waals surface area (Å²) in [5, 5.41) is 8.89. The van der Waals surface area contributed by atoms with Crippen molar-refractivity contribution in [3.8, 4) is 0 Å². The third kappa shape index (κ3) is 4.83. The van der Waals surface area contributed by atoms with Gasteiger partial charge >= 0.3 is 5.97 Å². The zero-order chi connectivity index (χ0) is 12.8. The quantitative estimate of drug-likeness (QED) is 0.877. The number of halogens is 1. The number of carboxylic acid groups (broad SMARTS) is 1. The minimum absolute atomic E-state index is 0.0571. The molecule has 0 spiro atoms. The summed E-state index contributed by atoms with van der Waals surface area (Å²) in [6.45, 7) is 4.75. The van der Waals surface area contributed by atoms with Gasteiger partial charge in [-0.2, -0.15) is 0 Å². The average Bonchev–Trinajstić information content (AvgIpc) is 2.26. The van der Waals surface area contributed by atoms with E-state index in [4.69, 9.17) is 5.11 Å². The van der Waals surface area contributed by atoms with Crippen LogP contribution in [0, 0.1) is 0 Å². The molecule has 0 aromatic carbocycles. The molecule has 17 heavy (non-hydrogen) atoms. The Bertz CT molecular complexity index is 385. The second-order valence-electron chi connectivity index (χ2n) is 4.07. The van der Waals surface area contributed by atoms with Gasteiger partial charge in [-0.15, -0.1) is 0 Å². The van der Waals surface area contributed by atoms with Crippen LogP contribution in [0.15, 0.2) is 22.9 Å². The normalized spacial score (nSPS) is 12.7. The van der Waals surface area contributed by atoms with Gasteiger partial charge in [0.15, 0.2) is 0 Å². The van der Waals surface area contributed by atoms with E-state index in [0.29, 0.717) is 6.54 Å². The van der Waals surface area contributed by atoms with E-state index in [9.17, 15) is 4.79 Å². The maximum Gasteiger partial charge on any atom is 0.317 e. The van der Waals surface area contributed by atoms with Crippen molar-refractivity contribution >= 4 is 21.9 Å². The lowest BCUT2D eigenvalue weighted by molar-refractivity contribution is -0.139. The minimum Gasteiger partial charge on any atom is -0.480 e. The molecule has 0 aliphatic rings. The molecule has 94 valence electrons. The predicted octanol–water partition coefficient (Wildman–Crippen LogP) is 2.53. The second-order valence-corrected chi connectivity index (χ2v) is 4.98. The molecule has 5 heteroatoms. The molecule has 0 saturated carbocycles. The van der Waals surface area contributed by atoms with Crippen molar-refractivity contribution in [1.29, 1.82) is 0 Å². The molecule has 1 N–H and O–H groups in total. The first-order valence-electron chi connectivity index (χ1n) is 5.58. The van der Waals surface area contributed by atoms with Crippen molar-refractivity contribution in [1.82, 2.24) is 9.88 Å². The molecular formula is C12H17BrN2O2. The number of pyridine rings is 1. The highest BCUT2D eigenvalue weighted by molar-refractivity contribution is 9.10. The van der Waals surface area contributed by atoms with Crippen LogP contribution in [0.5, 0.6) is 0 Å². The summed E-state index contributed by atoms with van der Waals surface area (Å²) in [5.41, 5.74) is 1.01. The lowest BCUT2D eigenvalue weighted by Gasteiger charge is -2.26. The Balaban J connectivity index is 2.74. The SMILES string of the molecule is CCC(C)N(CC(=O)O)Cc1cncc(Br)c1. The van der Waals surface area contributed by atoms with Gasteiger partial charge in [-0.3, -0.25) is 14.7 Å². The van der Waals surface area contributed by atoms with Crippen LogP contribution in [0.25, 0.3) is 0 Å². The minimum atomic E-state index is -0.798. The molecular weight excluding hydrogens is 284 g/mol. The Hall–Kier alpha value is -0.940. The molecule has 1 rings (SSSR count). The maximum absolute atomic E-state index is 10.8. The fourth-order valence-corrected chi connectivity index (χ4v) is 1.99. The van der Waals surface area contributed by atoms with Crippen molar-refractivity contribution in [3.05, 3.63) is 28.5 Å². The second kappa shape index (κ2) is 6.71. The van der Waals surface area contributed by atoms with E-state index in [1.165, 1.54) is 0 Å². The van der Waals surface area contributed by atoms with Crippen LogP contribution in [-0.4, -0.2) is 33.5 Å². The van der Waals surface area contributed by atoms with Crippen molar-refractivity contribution < 1.29 is 9.90 Å². The van der Waals surface area contributed by atoms with Crippen LogP contribution in [-0.2, 0) is 11.3 Å². The van der Waals surface area contributed by atoms with Gasteiger partial charge in [-0.05, 0) is 40.9 Å². The number of carbonyl (C=O) groups is 1. The van der Waals surface area contributed by atoms with E-state index in [-0.39, 0.29) is 12.6 Å². The Morgan fingerprint density at radius 2 is 2.29 bits per heavy atom. The predicted molar refractivity (Wildman–Crippen MR) is 69.7 cm³/mol. The molecule has 1 heterocycles. The number of hydrogen-bond donors (Lipinski definition) is 1. The van der Waals surface area contributed by atoms with E-state index >= 15 is 0 Å². The van der Waals surface area contributed by atoms with Gasteiger partial charge in [0.05, 0.1) is 6.54 Å². The average molecular weight is 301 g/mol. The molecule has 0 amide bonds. The number of aromatic nitrogens is 1. The van der Waals surface area contributed by atoms with Gasteiger partial charge in [0.25, 0.3) is 0 Å². The first kappa shape index (κ1) is 14.1. The summed E-state index contributed by atoms with van der Waals surface area (Å²) in [6.07, 6.45) is 4.41. The van der Waals surface area contributed by atoms with Gasteiger partial charge in [-0.1, -0.05) is 6.92 Å². The van der Waals surface area contributed by atoms with Crippen molar-refractivity contribution in [2.24, 2.45) is 0 Å². The molecule has 0 bridgehead atoms. The van der Waals surface area contributed by atoms with Crippen LogP contribution in [0.3, 0.4) is 0 Å². The number of carboxylic acids is 1. The van der Waals surface area contributed by atoms with Crippen LogP contribution < -0.4 is 0 Å². The smallest absolute Gasteiger partial charge is 0.317 e. The summed E-state index contributed by atoms with van der Waals surface area (Å²) < 4.78 is 0.912. The Labute approximate surface area is 110 Å². The monoisotopic (exact) mass is 300 g/mol. The van der Waals surface area contributed by atoms with Gasteiger partial charge in [0.2, 0.25) is 0 Å². The topological polar surface area (TPSA) is 53.4 Å². The summed E-state index contributed by atoms with van der Waals surface area (Å²) in [7, 11) is 0. The van der Waals surface area contributed by atoms with Gasteiger partial charge in [-0.25, -0.2) is 0 Å². The molecule has 0 aliphatic carbocycles. The molecule has 1 atom stereocenters. The van der Waals surface area contributed by atoms with E-state index in [1.54, 1.807) is 12.4 Å². The zero-order valence-electron chi connectivity index (χ0n) is 10.1. The Kier molecular flexibility index (Phi) is 5.58.